The molecule has 1 aliphatic rings. The van der Waals surface area contributed by atoms with Crippen molar-refractivity contribution in [3.05, 3.63) is 24.5 Å². The normalized spacial score (nSPS) is 13.2. The predicted octanol–water partition coefficient (Wildman–Crippen LogP) is 0.693. The summed E-state index contributed by atoms with van der Waals surface area (Å²) in [5, 5.41) is 13.6. The molecule has 1 aliphatic heterocycles. The highest BCUT2D eigenvalue weighted by Crippen LogP contribution is 2.35. The molecule has 2 heterocycles. The van der Waals surface area contributed by atoms with Gasteiger partial charge in [-0.1, -0.05) is 5.21 Å². The summed E-state index contributed by atoms with van der Waals surface area (Å²) >= 11 is 0. The van der Waals surface area contributed by atoms with Crippen LogP contribution in [0.2, 0.25) is 0 Å². The highest BCUT2D eigenvalue weighted by atomic mass is 16.5. The van der Waals surface area contributed by atoms with Crippen LogP contribution in [0, 0.1) is 0 Å². The van der Waals surface area contributed by atoms with Gasteiger partial charge in [-0.25, -0.2) is 0 Å². The number of nitrogen functional groups attached to an aromatic ring is 1. The van der Waals surface area contributed by atoms with E-state index in [1.165, 1.54) is 0 Å². The highest BCUT2D eigenvalue weighted by molar-refractivity contribution is 5.97. The summed E-state index contributed by atoms with van der Waals surface area (Å²) in [5.74, 6) is 0.435. The molecular formula is C13H16N6O2. The molecule has 1 aromatic heterocycles. The number of nitrogens with zero attached hydrogens (tertiary/aromatic N) is 3. The fourth-order valence-corrected chi connectivity index (χ4v) is 2.11. The van der Waals surface area contributed by atoms with Crippen LogP contribution in [-0.4, -0.2) is 34.1 Å². The third kappa shape index (κ3) is 3.04. The van der Waals surface area contributed by atoms with Gasteiger partial charge in [0.15, 0.2) is 6.61 Å². The van der Waals surface area contributed by atoms with Gasteiger partial charge in [0.05, 0.1) is 23.3 Å². The Bertz CT molecular complexity index is 640. The molecule has 0 saturated heterocycles. The van der Waals surface area contributed by atoms with E-state index in [-0.39, 0.29) is 12.5 Å². The Labute approximate surface area is 121 Å². The predicted molar refractivity (Wildman–Crippen MR) is 78.1 cm³/mol. The molecule has 0 spiro atoms. The highest BCUT2D eigenvalue weighted by Gasteiger charge is 2.17. The van der Waals surface area contributed by atoms with Gasteiger partial charge in [-0.05, 0) is 12.5 Å². The van der Waals surface area contributed by atoms with Gasteiger partial charge in [0.2, 0.25) is 0 Å². The number of aromatic nitrogens is 3. The van der Waals surface area contributed by atoms with Crippen LogP contribution in [0.4, 0.5) is 17.1 Å². The van der Waals surface area contributed by atoms with Crippen LogP contribution in [0.3, 0.4) is 0 Å². The molecule has 8 heteroatoms. The second kappa shape index (κ2) is 5.70. The minimum absolute atomic E-state index is 0.0249. The fourth-order valence-electron chi connectivity index (χ4n) is 2.11. The first kappa shape index (κ1) is 13.2. The number of hydrogen-bond donors (Lipinski definition) is 3. The van der Waals surface area contributed by atoms with E-state index in [4.69, 9.17) is 10.5 Å². The summed E-state index contributed by atoms with van der Waals surface area (Å²) in [4.78, 5) is 11.3. The maximum absolute atomic E-state index is 11.3. The molecule has 0 saturated carbocycles. The third-order valence-corrected chi connectivity index (χ3v) is 3.14. The molecule has 0 atom stereocenters. The molecule has 21 heavy (non-hydrogen) atoms. The molecule has 8 nitrogen and oxygen atoms in total. The van der Waals surface area contributed by atoms with Crippen molar-refractivity contribution in [1.29, 1.82) is 0 Å². The Morgan fingerprint density at radius 3 is 3.19 bits per heavy atom. The maximum Gasteiger partial charge on any atom is 0.262 e. The first-order chi connectivity index (χ1) is 10.2. The summed E-state index contributed by atoms with van der Waals surface area (Å²) in [5.41, 5.74) is 7.98. The Morgan fingerprint density at radius 1 is 1.48 bits per heavy atom. The lowest BCUT2D eigenvalue weighted by Gasteiger charge is -2.20. The van der Waals surface area contributed by atoms with Crippen LogP contribution in [0.25, 0.3) is 0 Å². The smallest absolute Gasteiger partial charge is 0.262 e. The van der Waals surface area contributed by atoms with Gasteiger partial charge in [-0.3, -0.25) is 9.48 Å². The van der Waals surface area contributed by atoms with Gasteiger partial charge in [0.1, 0.15) is 5.75 Å². The molecular weight excluding hydrogens is 272 g/mol. The minimum Gasteiger partial charge on any atom is -0.482 e. The lowest BCUT2D eigenvalue weighted by molar-refractivity contribution is -0.118. The number of benzene rings is 1. The largest absolute Gasteiger partial charge is 0.482 e. The summed E-state index contributed by atoms with van der Waals surface area (Å²) < 4.78 is 7.08. The quantitative estimate of drug-likeness (QED) is 0.552. The maximum atomic E-state index is 11.3. The molecule has 1 amide bonds. The van der Waals surface area contributed by atoms with Gasteiger partial charge in [-0.15, -0.1) is 5.10 Å². The standard InChI is InChI=1S/C13H16N6O2/c14-9-6-12-11(17-13(20)8-21-12)7-10(9)15-2-1-4-19-5-3-16-18-19/h3,5-7,15H,1-2,4,8,14H2,(H,17,20). The van der Waals surface area contributed by atoms with Crippen LogP contribution >= 0.6 is 0 Å². The Kier molecular flexibility index (Phi) is 3.59. The number of fused-ring (bicyclic) bond motifs is 1. The number of rotatable bonds is 5. The van der Waals surface area contributed by atoms with Gasteiger partial charge in [0, 0.05) is 25.4 Å². The lowest BCUT2D eigenvalue weighted by Crippen LogP contribution is -2.25. The van der Waals surface area contributed by atoms with Crippen molar-refractivity contribution in [1.82, 2.24) is 15.0 Å². The van der Waals surface area contributed by atoms with Crippen molar-refractivity contribution >= 4 is 23.0 Å². The van der Waals surface area contributed by atoms with Crippen LogP contribution in [0.1, 0.15) is 6.42 Å². The van der Waals surface area contributed by atoms with Crippen LogP contribution in [0.5, 0.6) is 5.75 Å². The van der Waals surface area contributed by atoms with Crippen molar-refractivity contribution in [3.63, 3.8) is 0 Å². The van der Waals surface area contributed by atoms with Crippen molar-refractivity contribution in [2.45, 2.75) is 13.0 Å². The number of nitrogens with one attached hydrogen (secondary N) is 2. The average Bonchev–Trinajstić information content (AvgIpc) is 2.97. The van der Waals surface area contributed by atoms with E-state index in [2.05, 4.69) is 20.9 Å². The lowest BCUT2D eigenvalue weighted by atomic mass is 10.2. The van der Waals surface area contributed by atoms with Crippen LogP contribution in [0.15, 0.2) is 24.5 Å². The van der Waals surface area contributed by atoms with E-state index in [1.807, 2.05) is 6.20 Å². The topological polar surface area (TPSA) is 107 Å². The Hall–Kier alpha value is -2.77. The summed E-state index contributed by atoms with van der Waals surface area (Å²) in [6.07, 6.45) is 4.35. The molecule has 110 valence electrons. The average molecular weight is 288 g/mol. The summed E-state index contributed by atoms with van der Waals surface area (Å²) in [7, 11) is 0. The van der Waals surface area contributed by atoms with E-state index < -0.39 is 0 Å². The molecule has 0 radical (unpaired) electrons. The second-order valence-electron chi connectivity index (χ2n) is 4.72. The molecule has 3 rings (SSSR count). The first-order valence-corrected chi connectivity index (χ1v) is 6.66. The van der Waals surface area contributed by atoms with Crippen molar-refractivity contribution in [3.8, 4) is 5.75 Å². The molecule has 1 aromatic carbocycles. The zero-order valence-electron chi connectivity index (χ0n) is 11.4. The van der Waals surface area contributed by atoms with E-state index in [1.54, 1.807) is 23.0 Å². The first-order valence-electron chi connectivity index (χ1n) is 6.66. The number of nitrogens with two attached hydrogens (primary N) is 1. The third-order valence-electron chi connectivity index (χ3n) is 3.14. The van der Waals surface area contributed by atoms with Crippen molar-refractivity contribution < 1.29 is 9.53 Å². The van der Waals surface area contributed by atoms with Crippen LogP contribution < -0.4 is 21.1 Å². The monoisotopic (exact) mass is 288 g/mol. The summed E-state index contributed by atoms with van der Waals surface area (Å²) in [6.45, 7) is 1.53. The van der Waals surface area contributed by atoms with Gasteiger partial charge in [0.25, 0.3) is 5.91 Å². The second-order valence-corrected chi connectivity index (χ2v) is 4.72. The number of ether oxygens (including phenoxy) is 1. The molecule has 4 N–H and O–H groups in total. The van der Waals surface area contributed by atoms with Crippen molar-refractivity contribution in [2.24, 2.45) is 0 Å². The molecule has 2 aromatic rings. The summed E-state index contributed by atoms with van der Waals surface area (Å²) in [6, 6.07) is 3.51. The number of carbonyl (C=O) groups excluding carboxylic acids is 1. The number of amides is 1. The van der Waals surface area contributed by atoms with Gasteiger partial charge >= 0.3 is 0 Å². The van der Waals surface area contributed by atoms with E-state index in [0.717, 1.165) is 25.2 Å². The number of anilines is 3. The van der Waals surface area contributed by atoms with Gasteiger partial charge in [-0.2, -0.15) is 0 Å². The SMILES string of the molecule is Nc1cc2c(cc1NCCCn1ccnn1)NC(=O)CO2. The Morgan fingerprint density at radius 2 is 2.38 bits per heavy atom. The molecule has 0 bridgehead atoms. The molecule has 0 fully saturated rings. The van der Waals surface area contributed by atoms with E-state index in [9.17, 15) is 4.79 Å². The fraction of sp³-hybridized carbons (Fsp3) is 0.308. The van der Waals surface area contributed by atoms with Gasteiger partial charge < -0.3 is 21.1 Å². The number of carbonyl (C=O) groups is 1. The minimum atomic E-state index is -0.163. The zero-order chi connectivity index (χ0) is 14.7. The van der Waals surface area contributed by atoms with E-state index in [0.29, 0.717) is 17.1 Å². The number of aryl methyl sites for hydroxylation is 1. The number of hydrogen-bond acceptors (Lipinski definition) is 6. The zero-order valence-corrected chi connectivity index (χ0v) is 11.4. The van der Waals surface area contributed by atoms with Crippen molar-refractivity contribution in [2.75, 3.05) is 29.5 Å². The van der Waals surface area contributed by atoms with Crippen LogP contribution in [-0.2, 0) is 11.3 Å². The Balaban J connectivity index is 1.60. The molecule has 0 unspecified atom stereocenters. The molecule has 0 aliphatic carbocycles. The van der Waals surface area contributed by atoms with E-state index >= 15 is 0 Å².